The van der Waals surface area contributed by atoms with Gasteiger partial charge in [-0.05, 0) is 25.3 Å². The third-order valence-electron chi connectivity index (χ3n) is 2.79. The summed E-state index contributed by atoms with van der Waals surface area (Å²) in [6.07, 6.45) is 1.11. The molecule has 0 radical (unpaired) electrons. The smallest absolute Gasteiger partial charge is 0.147 e. The van der Waals surface area contributed by atoms with E-state index >= 15 is 0 Å². The number of hydrogen-bond acceptors (Lipinski definition) is 2. The fourth-order valence-electron chi connectivity index (χ4n) is 1.44. The van der Waals surface area contributed by atoms with E-state index in [1.807, 2.05) is 6.92 Å². The van der Waals surface area contributed by atoms with Gasteiger partial charge in [-0.2, -0.15) is 0 Å². The summed E-state index contributed by atoms with van der Waals surface area (Å²) in [6, 6.07) is 1.19. The van der Waals surface area contributed by atoms with Crippen LogP contribution in [0.4, 0.5) is 0 Å². The maximum Gasteiger partial charge on any atom is 0.147 e. The molecule has 0 fully saturated rings. The van der Waals surface area contributed by atoms with Crippen molar-refractivity contribution in [3.63, 3.8) is 0 Å². The molecule has 0 saturated heterocycles. The van der Waals surface area contributed by atoms with Crippen molar-refractivity contribution in [1.29, 1.82) is 0 Å². The van der Waals surface area contributed by atoms with Gasteiger partial charge in [-0.15, -0.1) is 6.58 Å². The summed E-state index contributed by atoms with van der Waals surface area (Å²) in [5, 5.41) is 0.944. The van der Waals surface area contributed by atoms with E-state index in [0.717, 1.165) is 23.9 Å². The van der Waals surface area contributed by atoms with Gasteiger partial charge in [-0.1, -0.05) is 48.1 Å². The molecule has 0 heterocycles. The van der Waals surface area contributed by atoms with Gasteiger partial charge in [-0.3, -0.25) is 0 Å². The van der Waals surface area contributed by atoms with Gasteiger partial charge in [0, 0.05) is 20.0 Å². The van der Waals surface area contributed by atoms with E-state index in [2.05, 4.69) is 49.1 Å². The average molecular weight is 337 g/mol. The van der Waals surface area contributed by atoms with Crippen LogP contribution in [0.15, 0.2) is 12.2 Å². The molecule has 0 aliphatic carbocycles. The van der Waals surface area contributed by atoms with Crippen molar-refractivity contribution in [2.24, 2.45) is 5.92 Å². The molecular weight excluding hydrogens is 308 g/mol. The van der Waals surface area contributed by atoms with Crippen LogP contribution < -0.4 is 0 Å². The Hall–Kier alpha value is 0.357. The SMILES string of the molecule is C=C(C)C[C@@H](OCOCC[Si](C)(C)C)[C@H](C)CBr. The van der Waals surface area contributed by atoms with Gasteiger partial charge < -0.3 is 9.47 Å². The quantitative estimate of drug-likeness (QED) is 0.189. The van der Waals surface area contributed by atoms with Gasteiger partial charge in [0.05, 0.1) is 6.10 Å². The molecule has 0 aliphatic rings. The summed E-state index contributed by atoms with van der Waals surface area (Å²) in [7, 11) is -0.991. The molecule has 2 atom stereocenters. The maximum absolute atomic E-state index is 5.82. The molecule has 0 rings (SSSR count). The van der Waals surface area contributed by atoms with Crippen LogP contribution in [0, 0.1) is 5.92 Å². The molecule has 0 unspecified atom stereocenters. The lowest BCUT2D eigenvalue weighted by atomic mass is 10.0. The Morgan fingerprint density at radius 1 is 1.33 bits per heavy atom. The van der Waals surface area contributed by atoms with E-state index in [0.29, 0.717) is 12.7 Å². The molecule has 0 saturated carbocycles. The number of rotatable bonds is 10. The first kappa shape index (κ1) is 18.4. The fraction of sp³-hybridized carbons (Fsp3) is 0.857. The summed E-state index contributed by atoms with van der Waals surface area (Å²) < 4.78 is 11.4. The second kappa shape index (κ2) is 9.29. The summed E-state index contributed by atoms with van der Waals surface area (Å²) in [6.45, 7) is 16.5. The van der Waals surface area contributed by atoms with E-state index < -0.39 is 8.07 Å². The van der Waals surface area contributed by atoms with E-state index in [1.54, 1.807) is 0 Å². The lowest BCUT2D eigenvalue weighted by Crippen LogP contribution is -2.26. The molecule has 0 N–H and O–H groups in total. The first-order valence-corrected chi connectivity index (χ1v) is 11.5. The molecular formula is C14H29BrO2Si. The molecule has 0 aromatic rings. The van der Waals surface area contributed by atoms with E-state index in [-0.39, 0.29) is 6.10 Å². The van der Waals surface area contributed by atoms with Gasteiger partial charge in [0.15, 0.2) is 0 Å². The van der Waals surface area contributed by atoms with Crippen LogP contribution in [0.1, 0.15) is 20.3 Å². The summed E-state index contributed by atoms with van der Waals surface area (Å²) in [5.41, 5.74) is 1.16. The van der Waals surface area contributed by atoms with Crippen molar-refractivity contribution < 1.29 is 9.47 Å². The zero-order chi connectivity index (χ0) is 14.2. The maximum atomic E-state index is 5.82. The Morgan fingerprint density at radius 3 is 2.39 bits per heavy atom. The van der Waals surface area contributed by atoms with Crippen LogP contribution in [-0.2, 0) is 9.47 Å². The predicted molar refractivity (Wildman–Crippen MR) is 86.2 cm³/mol. The molecule has 0 spiro atoms. The van der Waals surface area contributed by atoms with E-state index in [9.17, 15) is 0 Å². The first-order chi connectivity index (χ1) is 8.26. The average Bonchev–Trinajstić information content (AvgIpc) is 2.24. The predicted octanol–water partition coefficient (Wildman–Crippen LogP) is 4.68. The fourth-order valence-corrected chi connectivity index (χ4v) is 2.61. The highest BCUT2D eigenvalue weighted by Crippen LogP contribution is 2.18. The molecule has 2 nitrogen and oxygen atoms in total. The van der Waals surface area contributed by atoms with E-state index in [4.69, 9.17) is 9.47 Å². The van der Waals surface area contributed by atoms with Gasteiger partial charge in [0.25, 0.3) is 0 Å². The second-order valence-corrected chi connectivity index (χ2v) is 12.6. The molecule has 0 amide bonds. The first-order valence-electron chi connectivity index (χ1n) is 6.66. The lowest BCUT2D eigenvalue weighted by Gasteiger charge is -2.23. The Bertz CT molecular complexity index is 238. The Morgan fingerprint density at radius 2 is 1.94 bits per heavy atom. The van der Waals surface area contributed by atoms with Gasteiger partial charge in [0.1, 0.15) is 6.79 Å². The van der Waals surface area contributed by atoms with Gasteiger partial charge >= 0.3 is 0 Å². The molecule has 4 heteroatoms. The normalized spacial score (nSPS) is 15.4. The molecule has 18 heavy (non-hydrogen) atoms. The summed E-state index contributed by atoms with van der Waals surface area (Å²) >= 11 is 3.51. The topological polar surface area (TPSA) is 18.5 Å². The number of hydrogen-bond donors (Lipinski definition) is 0. The summed E-state index contributed by atoms with van der Waals surface area (Å²) in [5.74, 6) is 0.474. The number of alkyl halides is 1. The van der Waals surface area contributed by atoms with Crippen molar-refractivity contribution in [3.05, 3.63) is 12.2 Å². The third kappa shape index (κ3) is 10.3. The molecule has 0 aliphatic heterocycles. The minimum Gasteiger partial charge on any atom is -0.356 e. The second-order valence-electron chi connectivity index (χ2n) is 6.33. The van der Waals surface area contributed by atoms with Crippen LogP contribution in [0.2, 0.25) is 25.7 Å². The zero-order valence-corrected chi connectivity index (χ0v) is 15.2. The number of halogens is 1. The molecule has 108 valence electrons. The molecule has 0 aromatic carbocycles. The van der Waals surface area contributed by atoms with Crippen molar-refractivity contribution in [2.75, 3.05) is 18.7 Å². The van der Waals surface area contributed by atoms with Crippen molar-refractivity contribution in [2.45, 2.75) is 52.1 Å². The Balaban J connectivity index is 3.86. The monoisotopic (exact) mass is 336 g/mol. The molecule has 0 aromatic heterocycles. The number of ether oxygens (including phenoxy) is 2. The summed E-state index contributed by atoms with van der Waals surface area (Å²) in [4.78, 5) is 0. The van der Waals surface area contributed by atoms with Crippen LogP contribution in [0.5, 0.6) is 0 Å². The third-order valence-corrected chi connectivity index (χ3v) is 5.51. The van der Waals surface area contributed by atoms with Crippen molar-refractivity contribution in [3.8, 4) is 0 Å². The largest absolute Gasteiger partial charge is 0.356 e. The minimum absolute atomic E-state index is 0.203. The van der Waals surface area contributed by atoms with Crippen molar-refractivity contribution in [1.82, 2.24) is 0 Å². The Kier molecular flexibility index (Phi) is 9.47. The van der Waals surface area contributed by atoms with Crippen LogP contribution >= 0.6 is 15.9 Å². The van der Waals surface area contributed by atoms with Gasteiger partial charge in [0.2, 0.25) is 0 Å². The van der Waals surface area contributed by atoms with Crippen molar-refractivity contribution >= 4 is 24.0 Å². The van der Waals surface area contributed by atoms with Gasteiger partial charge in [-0.25, -0.2) is 0 Å². The Labute approximate surface area is 122 Å². The van der Waals surface area contributed by atoms with E-state index in [1.165, 1.54) is 6.04 Å². The molecule has 0 bridgehead atoms. The lowest BCUT2D eigenvalue weighted by molar-refractivity contribution is -0.0982. The van der Waals surface area contributed by atoms with Crippen LogP contribution in [0.3, 0.4) is 0 Å². The highest BCUT2D eigenvalue weighted by atomic mass is 79.9. The standard InChI is InChI=1S/C14H29BrO2Si/c1-12(2)9-14(13(3)10-15)17-11-16-7-8-18(4,5)6/h13-14H,1,7-11H2,2-6H3/t13-,14-/m1/s1. The highest BCUT2D eigenvalue weighted by Gasteiger charge is 2.17. The zero-order valence-electron chi connectivity index (χ0n) is 12.6. The van der Waals surface area contributed by atoms with Crippen LogP contribution in [0.25, 0.3) is 0 Å². The van der Waals surface area contributed by atoms with Crippen LogP contribution in [-0.4, -0.2) is 32.9 Å². The highest BCUT2D eigenvalue weighted by molar-refractivity contribution is 9.09. The minimum atomic E-state index is -0.991.